The summed E-state index contributed by atoms with van der Waals surface area (Å²) in [5.41, 5.74) is 1.37. The molecule has 140 valence electrons. The van der Waals surface area contributed by atoms with Crippen LogP contribution in [0.1, 0.15) is 38.2 Å². The first-order valence-electron chi connectivity index (χ1n) is 8.63. The van der Waals surface area contributed by atoms with Crippen LogP contribution in [0.25, 0.3) is 0 Å². The van der Waals surface area contributed by atoms with Crippen molar-refractivity contribution in [1.82, 2.24) is 5.32 Å². The van der Waals surface area contributed by atoms with Crippen molar-refractivity contribution < 1.29 is 28.6 Å². The molecular weight excluding hydrogens is 340 g/mol. The molecule has 0 bridgehead atoms. The van der Waals surface area contributed by atoms with E-state index in [4.69, 9.17) is 19.0 Å². The van der Waals surface area contributed by atoms with E-state index in [1.165, 1.54) is 0 Å². The van der Waals surface area contributed by atoms with E-state index in [0.29, 0.717) is 17.2 Å². The summed E-state index contributed by atoms with van der Waals surface area (Å²) < 4.78 is 15.4. The molecule has 0 aromatic heterocycles. The summed E-state index contributed by atoms with van der Waals surface area (Å²) in [5.74, 6) is 0.394. The lowest BCUT2D eigenvalue weighted by Crippen LogP contribution is -2.36. The normalized spacial score (nSPS) is 16.4. The van der Waals surface area contributed by atoms with Crippen LogP contribution in [-0.2, 0) is 19.2 Å². The molecule has 1 aromatic rings. The third-order valence-corrected chi connectivity index (χ3v) is 4.26. The number of hydrogen-bond donors (Lipinski definition) is 1. The molecule has 2 aliphatic rings. The van der Waals surface area contributed by atoms with Crippen molar-refractivity contribution in [1.29, 1.82) is 0 Å². The van der Waals surface area contributed by atoms with Gasteiger partial charge in [-0.05, 0) is 38.0 Å². The number of benzene rings is 1. The summed E-state index contributed by atoms with van der Waals surface area (Å²) in [7, 11) is 0. The molecule has 8 nitrogen and oxygen atoms in total. The van der Waals surface area contributed by atoms with Crippen molar-refractivity contribution in [3.63, 3.8) is 0 Å². The first kappa shape index (κ1) is 18.0. The quantitative estimate of drug-likeness (QED) is 0.451. The van der Waals surface area contributed by atoms with E-state index >= 15 is 0 Å². The smallest absolute Gasteiger partial charge is 0.347 e. The Hall–Kier alpha value is -2.77. The molecule has 1 N–H and O–H groups in total. The maximum Gasteiger partial charge on any atom is 0.347 e. The Morgan fingerprint density at radius 1 is 1.19 bits per heavy atom. The highest BCUT2D eigenvalue weighted by atomic mass is 16.7. The maximum absolute atomic E-state index is 11.7. The Kier molecular flexibility index (Phi) is 5.93. The van der Waals surface area contributed by atoms with Crippen molar-refractivity contribution in [3.8, 4) is 11.5 Å². The molecule has 0 unspecified atom stereocenters. The van der Waals surface area contributed by atoms with Gasteiger partial charge in [-0.2, -0.15) is 0 Å². The van der Waals surface area contributed by atoms with Crippen molar-refractivity contribution in [3.05, 3.63) is 23.8 Å². The molecule has 26 heavy (non-hydrogen) atoms. The molecule has 1 heterocycles. The van der Waals surface area contributed by atoms with Gasteiger partial charge < -0.3 is 24.4 Å². The average molecular weight is 362 g/mol. The molecule has 3 rings (SSSR count). The standard InChI is InChI=1S/C18H22N2O6/c1-12(13-6-7-15-16(8-13)25-11-24-15)20-26-10-18(22)23-9-17(21)19-14-4-2-3-5-14/h6-8,14H,2-5,9-11H2,1H3,(H,19,21)/b20-12-. The summed E-state index contributed by atoms with van der Waals surface area (Å²) in [6.45, 7) is 1.28. The fourth-order valence-electron chi connectivity index (χ4n) is 2.88. The van der Waals surface area contributed by atoms with Gasteiger partial charge in [-0.15, -0.1) is 0 Å². The first-order chi connectivity index (χ1) is 12.6. The van der Waals surface area contributed by atoms with E-state index in [-0.39, 0.29) is 32.0 Å². The minimum absolute atomic E-state index is 0.200. The van der Waals surface area contributed by atoms with Gasteiger partial charge in [0.2, 0.25) is 13.4 Å². The predicted molar refractivity (Wildman–Crippen MR) is 92.1 cm³/mol. The minimum Gasteiger partial charge on any atom is -0.454 e. The van der Waals surface area contributed by atoms with Gasteiger partial charge in [0.25, 0.3) is 5.91 Å². The lowest BCUT2D eigenvalue weighted by Gasteiger charge is -2.11. The van der Waals surface area contributed by atoms with Crippen molar-refractivity contribution in [2.45, 2.75) is 38.6 Å². The fraction of sp³-hybridized carbons (Fsp3) is 0.500. The number of nitrogens with one attached hydrogen (secondary N) is 1. The number of fused-ring (bicyclic) bond motifs is 1. The van der Waals surface area contributed by atoms with Crippen LogP contribution in [0.15, 0.2) is 23.4 Å². The summed E-state index contributed by atoms with van der Waals surface area (Å²) in [5, 5.41) is 6.73. The Morgan fingerprint density at radius 3 is 2.77 bits per heavy atom. The van der Waals surface area contributed by atoms with Crippen LogP contribution in [0.5, 0.6) is 11.5 Å². The lowest BCUT2D eigenvalue weighted by molar-refractivity contribution is -0.153. The van der Waals surface area contributed by atoms with Gasteiger partial charge in [0.15, 0.2) is 18.1 Å². The van der Waals surface area contributed by atoms with Crippen LogP contribution in [0.2, 0.25) is 0 Å². The molecule has 1 aromatic carbocycles. The van der Waals surface area contributed by atoms with Crippen LogP contribution >= 0.6 is 0 Å². The van der Waals surface area contributed by atoms with E-state index in [2.05, 4.69) is 10.5 Å². The molecule has 1 aliphatic carbocycles. The topological polar surface area (TPSA) is 95.5 Å². The number of nitrogens with zero attached hydrogens (tertiary/aromatic N) is 1. The average Bonchev–Trinajstić information content (AvgIpc) is 3.30. The zero-order valence-electron chi connectivity index (χ0n) is 14.7. The molecule has 0 radical (unpaired) electrons. The number of ether oxygens (including phenoxy) is 3. The highest BCUT2D eigenvalue weighted by Crippen LogP contribution is 2.32. The second-order valence-corrected chi connectivity index (χ2v) is 6.23. The molecule has 8 heteroatoms. The minimum atomic E-state index is -0.645. The predicted octanol–water partition coefficient (Wildman–Crippen LogP) is 1.76. The molecule has 0 saturated heterocycles. The highest BCUT2D eigenvalue weighted by Gasteiger charge is 2.18. The van der Waals surface area contributed by atoms with E-state index in [1.54, 1.807) is 19.1 Å². The van der Waals surface area contributed by atoms with Crippen molar-refractivity contribution in [2.75, 3.05) is 20.0 Å². The number of amides is 1. The van der Waals surface area contributed by atoms with Crippen LogP contribution in [0, 0.1) is 0 Å². The second-order valence-electron chi connectivity index (χ2n) is 6.23. The van der Waals surface area contributed by atoms with Crippen molar-refractivity contribution >= 4 is 17.6 Å². The number of oxime groups is 1. The Morgan fingerprint density at radius 2 is 1.96 bits per heavy atom. The van der Waals surface area contributed by atoms with Gasteiger partial charge in [0.1, 0.15) is 0 Å². The maximum atomic E-state index is 11.7. The molecule has 0 spiro atoms. The van der Waals surface area contributed by atoms with Gasteiger partial charge >= 0.3 is 5.97 Å². The number of rotatable bonds is 7. The molecule has 0 atom stereocenters. The van der Waals surface area contributed by atoms with Crippen LogP contribution < -0.4 is 14.8 Å². The molecule has 1 amide bonds. The summed E-state index contributed by atoms with van der Waals surface area (Å²) >= 11 is 0. The first-order valence-corrected chi connectivity index (χ1v) is 8.63. The number of carbonyl (C=O) groups is 2. The largest absolute Gasteiger partial charge is 0.454 e. The Labute approximate surface area is 151 Å². The van der Waals surface area contributed by atoms with Gasteiger partial charge in [0, 0.05) is 11.6 Å². The number of carbonyl (C=O) groups excluding carboxylic acids is 2. The highest BCUT2D eigenvalue weighted by molar-refractivity contribution is 5.99. The van der Waals surface area contributed by atoms with Gasteiger partial charge in [0.05, 0.1) is 5.71 Å². The van der Waals surface area contributed by atoms with Crippen LogP contribution in [-0.4, -0.2) is 43.6 Å². The van der Waals surface area contributed by atoms with Crippen molar-refractivity contribution in [2.24, 2.45) is 5.16 Å². The third-order valence-electron chi connectivity index (χ3n) is 4.26. The number of esters is 1. The zero-order valence-corrected chi connectivity index (χ0v) is 14.7. The monoisotopic (exact) mass is 362 g/mol. The van der Waals surface area contributed by atoms with E-state index in [9.17, 15) is 9.59 Å². The molecular formula is C18H22N2O6. The summed E-state index contributed by atoms with van der Waals surface area (Å²) in [4.78, 5) is 28.3. The van der Waals surface area contributed by atoms with Gasteiger partial charge in [-0.25, -0.2) is 4.79 Å². The SMILES string of the molecule is C/C(=N/OCC(=O)OCC(=O)NC1CCCC1)c1ccc2c(c1)OCO2. The third kappa shape index (κ3) is 4.87. The van der Waals surface area contributed by atoms with Crippen LogP contribution in [0.4, 0.5) is 0 Å². The van der Waals surface area contributed by atoms with E-state index in [0.717, 1.165) is 31.2 Å². The number of hydrogen-bond acceptors (Lipinski definition) is 7. The summed E-state index contributed by atoms with van der Waals surface area (Å²) in [6, 6.07) is 5.59. The Balaban J connectivity index is 1.38. The van der Waals surface area contributed by atoms with E-state index < -0.39 is 5.97 Å². The van der Waals surface area contributed by atoms with Gasteiger partial charge in [-0.1, -0.05) is 18.0 Å². The second kappa shape index (κ2) is 8.55. The van der Waals surface area contributed by atoms with Gasteiger partial charge in [-0.3, -0.25) is 4.79 Å². The van der Waals surface area contributed by atoms with E-state index in [1.807, 2.05) is 6.07 Å². The summed E-state index contributed by atoms with van der Waals surface area (Å²) in [6.07, 6.45) is 4.21. The molecule has 1 saturated carbocycles. The van der Waals surface area contributed by atoms with Crippen LogP contribution in [0.3, 0.4) is 0 Å². The zero-order chi connectivity index (χ0) is 18.4. The fourth-order valence-corrected chi connectivity index (χ4v) is 2.88. The molecule has 1 fully saturated rings. The Bertz CT molecular complexity index is 697. The lowest BCUT2D eigenvalue weighted by atomic mass is 10.1. The molecule has 1 aliphatic heterocycles.